The van der Waals surface area contributed by atoms with Gasteiger partial charge in [0.25, 0.3) is 0 Å². The molecule has 1 aliphatic rings. The van der Waals surface area contributed by atoms with Crippen molar-refractivity contribution in [3.05, 3.63) is 29.8 Å². The largest absolute Gasteiger partial charge is 0.496 e. The molecule has 1 aromatic carbocycles. The first-order valence-electron chi connectivity index (χ1n) is 7.28. The Morgan fingerprint density at radius 2 is 2.11 bits per heavy atom. The minimum absolute atomic E-state index is 0.208. The first-order chi connectivity index (χ1) is 9.24. The lowest BCUT2D eigenvalue weighted by Gasteiger charge is -2.25. The van der Waals surface area contributed by atoms with Gasteiger partial charge in [-0.05, 0) is 25.3 Å². The molecule has 0 heterocycles. The summed E-state index contributed by atoms with van der Waals surface area (Å²) in [6.45, 7) is 3.76. The monoisotopic (exact) mass is 263 g/mol. The van der Waals surface area contributed by atoms with Gasteiger partial charge in [0.2, 0.25) is 0 Å². The molecule has 0 aliphatic heterocycles. The van der Waals surface area contributed by atoms with E-state index in [0.717, 1.165) is 31.7 Å². The van der Waals surface area contributed by atoms with Crippen LogP contribution in [0.15, 0.2) is 24.3 Å². The number of hydrogen-bond acceptors (Lipinski definition) is 3. The molecule has 19 heavy (non-hydrogen) atoms. The Bertz CT molecular complexity index is 390. The van der Waals surface area contributed by atoms with Crippen LogP contribution in [0.25, 0.3) is 0 Å². The van der Waals surface area contributed by atoms with Gasteiger partial charge < -0.3 is 9.84 Å². The van der Waals surface area contributed by atoms with Crippen molar-refractivity contribution in [3.8, 4) is 5.75 Å². The molecule has 1 aromatic rings. The lowest BCUT2D eigenvalue weighted by Crippen LogP contribution is -2.33. The zero-order valence-corrected chi connectivity index (χ0v) is 12.0. The molecule has 3 nitrogen and oxygen atoms in total. The van der Waals surface area contributed by atoms with Crippen LogP contribution in [0, 0.1) is 0 Å². The summed E-state index contributed by atoms with van der Waals surface area (Å²) in [5.41, 5.74) is 1.21. The molecule has 2 rings (SSSR count). The van der Waals surface area contributed by atoms with Gasteiger partial charge in [0.05, 0.1) is 13.2 Å². The molecule has 0 spiro atoms. The number of ether oxygens (including phenoxy) is 1. The van der Waals surface area contributed by atoms with E-state index in [1.165, 1.54) is 18.4 Å². The van der Waals surface area contributed by atoms with Gasteiger partial charge in [-0.1, -0.05) is 31.5 Å². The summed E-state index contributed by atoms with van der Waals surface area (Å²) in [6.07, 6.45) is 4.23. The number of benzene rings is 1. The third-order valence-corrected chi connectivity index (χ3v) is 3.70. The summed E-state index contributed by atoms with van der Waals surface area (Å²) >= 11 is 0. The standard InChI is InChI=1S/C16H25NO2/c1-3-6-15(18)12-17(14-9-10-14)11-13-7-4-5-8-16(13)19-2/h4-5,7-8,14-15,18H,3,6,9-12H2,1-2H3. The van der Waals surface area contributed by atoms with Crippen LogP contribution in [0.5, 0.6) is 5.75 Å². The molecule has 1 fully saturated rings. The van der Waals surface area contributed by atoms with E-state index in [1.807, 2.05) is 18.2 Å². The van der Waals surface area contributed by atoms with Crippen LogP contribution in [0.4, 0.5) is 0 Å². The summed E-state index contributed by atoms with van der Waals surface area (Å²) in [5, 5.41) is 10.0. The van der Waals surface area contributed by atoms with Crippen LogP contribution in [-0.2, 0) is 6.54 Å². The van der Waals surface area contributed by atoms with Gasteiger partial charge in [-0.25, -0.2) is 0 Å². The highest BCUT2D eigenvalue weighted by atomic mass is 16.5. The molecule has 0 radical (unpaired) electrons. The van der Waals surface area contributed by atoms with Gasteiger partial charge in [0.1, 0.15) is 5.75 Å². The van der Waals surface area contributed by atoms with E-state index in [0.29, 0.717) is 6.04 Å². The second-order valence-corrected chi connectivity index (χ2v) is 5.41. The molecule has 1 N–H and O–H groups in total. The molecule has 0 aromatic heterocycles. The van der Waals surface area contributed by atoms with E-state index >= 15 is 0 Å². The molecule has 1 unspecified atom stereocenters. The maximum absolute atomic E-state index is 10.0. The number of aliphatic hydroxyl groups is 1. The van der Waals surface area contributed by atoms with Crippen LogP contribution in [0.1, 0.15) is 38.2 Å². The average Bonchev–Trinajstić information content (AvgIpc) is 3.23. The fourth-order valence-electron chi connectivity index (χ4n) is 2.53. The summed E-state index contributed by atoms with van der Waals surface area (Å²) in [5.74, 6) is 0.943. The molecule has 1 aliphatic carbocycles. The predicted octanol–water partition coefficient (Wildman–Crippen LogP) is 2.82. The highest BCUT2D eigenvalue weighted by molar-refractivity contribution is 5.33. The number of methoxy groups -OCH3 is 1. The molecule has 106 valence electrons. The Morgan fingerprint density at radius 1 is 1.37 bits per heavy atom. The fourth-order valence-corrected chi connectivity index (χ4v) is 2.53. The third-order valence-electron chi connectivity index (χ3n) is 3.70. The number of para-hydroxylation sites is 1. The van der Waals surface area contributed by atoms with E-state index in [2.05, 4.69) is 17.9 Å². The zero-order chi connectivity index (χ0) is 13.7. The van der Waals surface area contributed by atoms with Gasteiger partial charge >= 0.3 is 0 Å². The van der Waals surface area contributed by atoms with Gasteiger partial charge in [-0.3, -0.25) is 4.90 Å². The van der Waals surface area contributed by atoms with E-state index in [9.17, 15) is 5.11 Å². The minimum atomic E-state index is -0.208. The number of hydrogen-bond donors (Lipinski definition) is 1. The predicted molar refractivity (Wildman–Crippen MR) is 77.3 cm³/mol. The number of nitrogens with zero attached hydrogens (tertiary/aromatic N) is 1. The molecule has 0 saturated heterocycles. The average molecular weight is 263 g/mol. The Morgan fingerprint density at radius 3 is 2.74 bits per heavy atom. The van der Waals surface area contributed by atoms with Crippen LogP contribution < -0.4 is 4.74 Å². The van der Waals surface area contributed by atoms with E-state index in [4.69, 9.17) is 4.74 Å². The van der Waals surface area contributed by atoms with Crippen molar-refractivity contribution in [2.45, 2.75) is 51.3 Å². The summed E-state index contributed by atoms with van der Waals surface area (Å²) in [6, 6.07) is 8.81. The van der Waals surface area contributed by atoms with Gasteiger partial charge in [-0.15, -0.1) is 0 Å². The Balaban J connectivity index is 2.00. The van der Waals surface area contributed by atoms with Crippen molar-refractivity contribution in [2.24, 2.45) is 0 Å². The van der Waals surface area contributed by atoms with Gasteiger partial charge in [0.15, 0.2) is 0 Å². The smallest absolute Gasteiger partial charge is 0.123 e. The normalized spacial score (nSPS) is 16.6. The van der Waals surface area contributed by atoms with E-state index in [1.54, 1.807) is 7.11 Å². The van der Waals surface area contributed by atoms with Gasteiger partial charge in [0, 0.05) is 24.7 Å². The summed E-state index contributed by atoms with van der Waals surface area (Å²) < 4.78 is 5.41. The van der Waals surface area contributed by atoms with Crippen molar-refractivity contribution in [1.82, 2.24) is 4.90 Å². The maximum Gasteiger partial charge on any atom is 0.123 e. The third kappa shape index (κ3) is 4.22. The number of aliphatic hydroxyl groups excluding tert-OH is 1. The molecular formula is C16H25NO2. The Labute approximate surface area is 116 Å². The lowest BCUT2D eigenvalue weighted by atomic mass is 10.1. The van der Waals surface area contributed by atoms with E-state index in [-0.39, 0.29) is 6.10 Å². The van der Waals surface area contributed by atoms with Gasteiger partial charge in [-0.2, -0.15) is 0 Å². The van der Waals surface area contributed by atoms with E-state index < -0.39 is 0 Å². The lowest BCUT2D eigenvalue weighted by molar-refractivity contribution is 0.0962. The van der Waals surface area contributed by atoms with Crippen molar-refractivity contribution < 1.29 is 9.84 Å². The molecule has 1 atom stereocenters. The highest BCUT2D eigenvalue weighted by Crippen LogP contribution is 2.30. The minimum Gasteiger partial charge on any atom is -0.496 e. The first kappa shape index (κ1) is 14.4. The SMILES string of the molecule is CCCC(O)CN(Cc1ccccc1OC)C1CC1. The molecule has 0 amide bonds. The second kappa shape index (κ2) is 6.92. The Kier molecular flexibility index (Phi) is 5.23. The molecule has 1 saturated carbocycles. The maximum atomic E-state index is 10.0. The summed E-state index contributed by atoms with van der Waals surface area (Å²) in [4.78, 5) is 2.40. The molecule has 0 bridgehead atoms. The van der Waals surface area contributed by atoms with Crippen molar-refractivity contribution in [1.29, 1.82) is 0 Å². The van der Waals surface area contributed by atoms with Crippen molar-refractivity contribution in [3.63, 3.8) is 0 Å². The Hall–Kier alpha value is -1.06. The number of rotatable bonds is 8. The topological polar surface area (TPSA) is 32.7 Å². The first-order valence-corrected chi connectivity index (χ1v) is 7.28. The van der Waals surface area contributed by atoms with Crippen LogP contribution in [-0.4, -0.2) is 35.8 Å². The van der Waals surface area contributed by atoms with Crippen molar-refractivity contribution in [2.75, 3.05) is 13.7 Å². The van der Waals surface area contributed by atoms with Crippen LogP contribution >= 0.6 is 0 Å². The molecule has 3 heteroatoms. The van der Waals surface area contributed by atoms with Crippen LogP contribution in [0.2, 0.25) is 0 Å². The second-order valence-electron chi connectivity index (χ2n) is 5.41. The van der Waals surface area contributed by atoms with Crippen molar-refractivity contribution >= 4 is 0 Å². The quantitative estimate of drug-likeness (QED) is 0.783. The fraction of sp³-hybridized carbons (Fsp3) is 0.625. The molecular weight excluding hydrogens is 238 g/mol. The zero-order valence-electron chi connectivity index (χ0n) is 12.0. The summed E-state index contributed by atoms with van der Waals surface area (Å²) in [7, 11) is 1.71. The highest BCUT2D eigenvalue weighted by Gasteiger charge is 2.30. The van der Waals surface area contributed by atoms with Crippen LogP contribution in [0.3, 0.4) is 0 Å².